The maximum atomic E-state index is 14.0. The molecule has 4 nitrogen and oxygen atoms in total. The van der Waals surface area contributed by atoms with Crippen LogP contribution >= 0.6 is 11.8 Å². The molecule has 144 valence electrons. The van der Waals surface area contributed by atoms with Gasteiger partial charge in [-0.3, -0.25) is 9.78 Å². The number of nitrogens with one attached hydrogen (secondary N) is 1. The van der Waals surface area contributed by atoms with Gasteiger partial charge < -0.3 is 10.2 Å². The molecule has 1 aliphatic heterocycles. The van der Waals surface area contributed by atoms with Gasteiger partial charge in [0.2, 0.25) is 0 Å². The largest absolute Gasteiger partial charge is 0.354 e. The third-order valence-corrected chi connectivity index (χ3v) is 5.77. The molecule has 0 saturated carbocycles. The van der Waals surface area contributed by atoms with Crippen LogP contribution in [0.5, 0.6) is 0 Å². The molecular weight excluding hydrogens is 373 g/mol. The summed E-state index contributed by atoms with van der Waals surface area (Å²) in [7, 11) is 0. The third-order valence-electron chi connectivity index (χ3n) is 5.04. The number of hydrogen-bond donors (Lipinski definition) is 1. The number of halogens is 1. The molecule has 2 aromatic carbocycles. The SMILES string of the molecule is CSc1cccc(Nc2c(C(=O)N3CCCCC3)cnc3ccc(F)cc23)c1. The second-order valence-corrected chi connectivity index (χ2v) is 7.80. The van der Waals surface area contributed by atoms with Crippen molar-refractivity contribution in [3.63, 3.8) is 0 Å². The van der Waals surface area contributed by atoms with Gasteiger partial charge in [0, 0.05) is 35.3 Å². The number of carbonyl (C=O) groups is 1. The molecule has 0 atom stereocenters. The van der Waals surface area contributed by atoms with Gasteiger partial charge in [-0.25, -0.2) is 4.39 Å². The van der Waals surface area contributed by atoms with Crippen molar-refractivity contribution in [2.24, 2.45) is 0 Å². The fourth-order valence-corrected chi connectivity index (χ4v) is 4.03. The van der Waals surface area contributed by atoms with Crippen molar-refractivity contribution in [1.82, 2.24) is 9.88 Å². The van der Waals surface area contributed by atoms with Crippen LogP contribution < -0.4 is 5.32 Å². The Hall–Kier alpha value is -2.60. The second-order valence-electron chi connectivity index (χ2n) is 6.92. The summed E-state index contributed by atoms with van der Waals surface area (Å²) in [6.45, 7) is 1.50. The number of rotatable bonds is 4. The van der Waals surface area contributed by atoms with E-state index in [-0.39, 0.29) is 11.7 Å². The predicted octanol–water partition coefficient (Wildman–Crippen LogP) is 5.47. The smallest absolute Gasteiger partial charge is 0.257 e. The first-order valence-corrected chi connectivity index (χ1v) is 10.7. The number of hydrogen-bond acceptors (Lipinski definition) is 4. The van der Waals surface area contributed by atoms with Crippen molar-refractivity contribution in [3.05, 3.63) is 60.0 Å². The molecule has 4 rings (SSSR count). The topological polar surface area (TPSA) is 45.2 Å². The van der Waals surface area contributed by atoms with Gasteiger partial charge in [0.05, 0.1) is 16.8 Å². The van der Waals surface area contributed by atoms with Crippen LogP contribution in [-0.2, 0) is 0 Å². The first kappa shape index (κ1) is 18.7. The van der Waals surface area contributed by atoms with E-state index in [1.807, 2.05) is 35.4 Å². The van der Waals surface area contributed by atoms with Crippen molar-refractivity contribution in [1.29, 1.82) is 0 Å². The number of nitrogens with zero attached hydrogens (tertiary/aromatic N) is 2. The van der Waals surface area contributed by atoms with Crippen molar-refractivity contribution >= 4 is 39.9 Å². The lowest BCUT2D eigenvalue weighted by atomic mass is 10.1. The molecule has 6 heteroatoms. The lowest BCUT2D eigenvalue weighted by Gasteiger charge is -2.27. The Balaban J connectivity index is 1.82. The molecule has 2 heterocycles. The highest BCUT2D eigenvalue weighted by molar-refractivity contribution is 7.98. The van der Waals surface area contributed by atoms with Gasteiger partial charge in [-0.15, -0.1) is 11.8 Å². The van der Waals surface area contributed by atoms with E-state index in [1.54, 1.807) is 24.0 Å². The third kappa shape index (κ3) is 3.83. The predicted molar refractivity (Wildman–Crippen MR) is 113 cm³/mol. The molecule has 0 radical (unpaired) electrons. The number of likely N-dealkylation sites (tertiary alicyclic amines) is 1. The van der Waals surface area contributed by atoms with Crippen molar-refractivity contribution in [2.45, 2.75) is 24.2 Å². The van der Waals surface area contributed by atoms with Gasteiger partial charge in [0.1, 0.15) is 5.82 Å². The van der Waals surface area contributed by atoms with E-state index >= 15 is 0 Å². The van der Waals surface area contributed by atoms with Crippen LogP contribution in [-0.4, -0.2) is 35.1 Å². The molecule has 1 N–H and O–H groups in total. The van der Waals surface area contributed by atoms with Crippen molar-refractivity contribution in [3.8, 4) is 0 Å². The van der Waals surface area contributed by atoms with Gasteiger partial charge in [-0.05, 0) is 61.9 Å². The number of fused-ring (bicyclic) bond motifs is 1. The van der Waals surface area contributed by atoms with Gasteiger partial charge in [0.25, 0.3) is 5.91 Å². The van der Waals surface area contributed by atoms with Crippen LogP contribution in [0.2, 0.25) is 0 Å². The zero-order chi connectivity index (χ0) is 19.5. The molecule has 0 aliphatic carbocycles. The van der Waals surface area contributed by atoms with Crippen molar-refractivity contribution in [2.75, 3.05) is 24.7 Å². The van der Waals surface area contributed by atoms with Crippen LogP contribution in [0.25, 0.3) is 10.9 Å². The van der Waals surface area contributed by atoms with E-state index in [2.05, 4.69) is 10.3 Å². The number of carbonyl (C=O) groups excluding carboxylic acids is 1. The molecular formula is C22H22FN3OS. The summed E-state index contributed by atoms with van der Waals surface area (Å²) in [5, 5.41) is 3.98. The highest BCUT2D eigenvalue weighted by Crippen LogP contribution is 2.32. The summed E-state index contributed by atoms with van der Waals surface area (Å²) >= 11 is 1.65. The molecule has 1 fully saturated rings. The summed E-state index contributed by atoms with van der Waals surface area (Å²) < 4.78 is 14.0. The summed E-state index contributed by atoms with van der Waals surface area (Å²) in [5.74, 6) is -0.403. The number of aromatic nitrogens is 1. The fourth-order valence-electron chi connectivity index (χ4n) is 3.57. The molecule has 1 aromatic heterocycles. The maximum Gasteiger partial charge on any atom is 0.257 e. The highest BCUT2D eigenvalue weighted by atomic mass is 32.2. The molecule has 1 amide bonds. The average molecular weight is 396 g/mol. The minimum atomic E-state index is -0.349. The normalized spacial score (nSPS) is 14.3. The van der Waals surface area contributed by atoms with Gasteiger partial charge in [0.15, 0.2) is 0 Å². The van der Waals surface area contributed by atoms with Gasteiger partial charge in [-0.2, -0.15) is 0 Å². The summed E-state index contributed by atoms with van der Waals surface area (Å²) in [4.78, 5) is 20.6. The van der Waals surface area contributed by atoms with Crippen LogP contribution in [0, 0.1) is 5.82 Å². The molecule has 1 saturated heterocycles. The highest BCUT2D eigenvalue weighted by Gasteiger charge is 2.23. The zero-order valence-corrected chi connectivity index (χ0v) is 16.6. The van der Waals surface area contributed by atoms with Gasteiger partial charge >= 0.3 is 0 Å². The van der Waals surface area contributed by atoms with E-state index in [1.165, 1.54) is 12.1 Å². The minimum Gasteiger partial charge on any atom is -0.354 e. The first-order chi connectivity index (χ1) is 13.7. The van der Waals surface area contributed by atoms with Gasteiger partial charge in [-0.1, -0.05) is 6.07 Å². The number of anilines is 2. The molecule has 3 aromatic rings. The van der Waals surface area contributed by atoms with Crippen LogP contribution in [0.15, 0.2) is 53.6 Å². The Kier molecular flexibility index (Phi) is 5.48. The number of pyridine rings is 1. The van der Waals surface area contributed by atoms with E-state index in [0.717, 1.165) is 42.9 Å². The first-order valence-electron chi connectivity index (χ1n) is 9.44. The summed E-state index contributed by atoms with van der Waals surface area (Å²) in [5.41, 5.74) is 2.60. The quantitative estimate of drug-likeness (QED) is 0.596. The van der Waals surface area contributed by atoms with E-state index in [0.29, 0.717) is 22.2 Å². The van der Waals surface area contributed by atoms with E-state index < -0.39 is 0 Å². The van der Waals surface area contributed by atoms with E-state index in [9.17, 15) is 9.18 Å². The average Bonchev–Trinajstić information content (AvgIpc) is 2.74. The minimum absolute atomic E-state index is 0.0538. The number of thioether (sulfide) groups is 1. The Morgan fingerprint density at radius 3 is 2.75 bits per heavy atom. The molecule has 1 aliphatic rings. The number of amides is 1. The summed E-state index contributed by atoms with van der Waals surface area (Å²) in [6, 6.07) is 12.4. The van der Waals surface area contributed by atoms with E-state index in [4.69, 9.17) is 0 Å². The molecule has 0 unspecified atom stereocenters. The zero-order valence-electron chi connectivity index (χ0n) is 15.7. The fraction of sp³-hybridized carbons (Fsp3) is 0.273. The molecule has 0 bridgehead atoms. The Labute approximate surface area is 168 Å². The number of piperidine rings is 1. The second kappa shape index (κ2) is 8.19. The number of benzene rings is 2. The van der Waals surface area contributed by atoms with Crippen LogP contribution in [0.4, 0.5) is 15.8 Å². The lowest BCUT2D eigenvalue weighted by Crippen LogP contribution is -2.36. The van der Waals surface area contributed by atoms with Crippen LogP contribution in [0.1, 0.15) is 29.6 Å². The summed E-state index contributed by atoms with van der Waals surface area (Å²) in [6.07, 6.45) is 6.80. The Morgan fingerprint density at radius 1 is 1.14 bits per heavy atom. The Bertz CT molecular complexity index is 1020. The monoisotopic (exact) mass is 395 g/mol. The molecule has 0 spiro atoms. The molecule has 28 heavy (non-hydrogen) atoms. The standard InChI is InChI=1S/C22H22FN3OS/c1-28-17-7-5-6-16(13-17)25-21-18-12-15(23)8-9-20(18)24-14-19(21)22(27)26-10-3-2-4-11-26/h5-9,12-14H,2-4,10-11H2,1H3,(H,24,25). The van der Waals surface area contributed by atoms with Crippen LogP contribution in [0.3, 0.4) is 0 Å². The maximum absolute atomic E-state index is 14.0. The lowest BCUT2D eigenvalue weighted by molar-refractivity contribution is 0.0725. The van der Waals surface area contributed by atoms with Crippen molar-refractivity contribution < 1.29 is 9.18 Å². The Morgan fingerprint density at radius 2 is 1.96 bits per heavy atom.